The molecule has 0 N–H and O–H groups in total. The molecule has 2 aromatic rings. The molecule has 2 saturated heterocycles. The Morgan fingerprint density at radius 2 is 1.83 bits per heavy atom. The first-order chi connectivity index (χ1) is 14.1. The van der Waals surface area contributed by atoms with E-state index in [2.05, 4.69) is 0 Å². The molecule has 2 amide bonds. The molecule has 2 aliphatic rings. The second kappa shape index (κ2) is 8.37. The van der Waals surface area contributed by atoms with Gasteiger partial charge in [0.25, 0.3) is 11.7 Å². The van der Waals surface area contributed by atoms with E-state index < -0.39 is 11.7 Å². The molecule has 7 heteroatoms. The number of aromatic nitrogens is 1. The molecule has 0 spiro atoms. The van der Waals surface area contributed by atoms with Gasteiger partial charge in [-0.3, -0.25) is 14.4 Å². The molecule has 7 nitrogen and oxygen atoms in total. The van der Waals surface area contributed by atoms with Crippen molar-refractivity contribution in [3.05, 3.63) is 36.0 Å². The highest BCUT2D eigenvalue weighted by Crippen LogP contribution is 2.24. The van der Waals surface area contributed by atoms with Gasteiger partial charge in [-0.15, -0.1) is 0 Å². The van der Waals surface area contributed by atoms with Gasteiger partial charge in [-0.25, -0.2) is 0 Å². The van der Waals surface area contributed by atoms with Crippen LogP contribution in [-0.4, -0.2) is 70.9 Å². The molecule has 0 radical (unpaired) electrons. The van der Waals surface area contributed by atoms with Crippen molar-refractivity contribution in [2.75, 3.05) is 32.8 Å². The summed E-state index contributed by atoms with van der Waals surface area (Å²) in [6, 6.07) is 7.52. The molecule has 3 heterocycles. The molecule has 154 valence electrons. The van der Waals surface area contributed by atoms with Gasteiger partial charge >= 0.3 is 0 Å². The number of amides is 2. The Hall–Kier alpha value is -2.67. The van der Waals surface area contributed by atoms with Gasteiger partial charge in [-0.1, -0.05) is 18.2 Å². The number of fused-ring (bicyclic) bond motifs is 1. The molecular weight excluding hydrogens is 370 g/mol. The fraction of sp³-hybridized carbons (Fsp3) is 0.500. The lowest BCUT2D eigenvalue weighted by Crippen LogP contribution is -2.45. The summed E-state index contributed by atoms with van der Waals surface area (Å²) in [5, 5.41) is 0.713. The molecule has 1 atom stereocenters. The number of likely N-dealkylation sites (tertiary alicyclic amines) is 1. The van der Waals surface area contributed by atoms with Crippen LogP contribution in [0.4, 0.5) is 0 Å². The van der Waals surface area contributed by atoms with E-state index in [1.54, 1.807) is 20.6 Å². The fourth-order valence-corrected chi connectivity index (χ4v) is 4.26. The van der Waals surface area contributed by atoms with Crippen molar-refractivity contribution in [1.82, 2.24) is 14.4 Å². The number of carbonyl (C=O) groups is 3. The zero-order valence-corrected chi connectivity index (χ0v) is 16.8. The third kappa shape index (κ3) is 3.92. The van der Waals surface area contributed by atoms with Gasteiger partial charge in [-0.2, -0.15) is 0 Å². The van der Waals surface area contributed by atoms with Crippen molar-refractivity contribution in [1.29, 1.82) is 0 Å². The summed E-state index contributed by atoms with van der Waals surface area (Å²) in [6.45, 7) is 5.01. The number of rotatable bonds is 4. The molecule has 0 saturated carbocycles. The number of Topliss-reactive ketones (excluding diaryl/α,β-unsaturated/α-hetero) is 1. The highest BCUT2D eigenvalue weighted by Gasteiger charge is 2.31. The third-order valence-corrected chi connectivity index (χ3v) is 5.96. The molecule has 2 fully saturated rings. The smallest absolute Gasteiger partial charge is 0.295 e. The van der Waals surface area contributed by atoms with Crippen LogP contribution in [-0.2, 0) is 20.9 Å². The number of benzene rings is 1. The van der Waals surface area contributed by atoms with Gasteiger partial charge in [0.2, 0.25) is 5.91 Å². The van der Waals surface area contributed by atoms with Crippen molar-refractivity contribution in [2.24, 2.45) is 0 Å². The Morgan fingerprint density at radius 3 is 2.59 bits per heavy atom. The topological polar surface area (TPSA) is 71.9 Å². The Bertz CT molecular complexity index is 929. The van der Waals surface area contributed by atoms with Crippen LogP contribution in [0.5, 0.6) is 0 Å². The van der Waals surface area contributed by atoms with E-state index in [9.17, 15) is 14.4 Å². The predicted molar refractivity (Wildman–Crippen MR) is 109 cm³/mol. The zero-order chi connectivity index (χ0) is 20.4. The van der Waals surface area contributed by atoms with E-state index >= 15 is 0 Å². The number of ether oxygens (including phenoxy) is 1. The third-order valence-electron chi connectivity index (χ3n) is 5.96. The summed E-state index contributed by atoms with van der Waals surface area (Å²) < 4.78 is 7.10. The van der Waals surface area contributed by atoms with Crippen LogP contribution in [0, 0.1) is 0 Å². The normalized spacial score (nSPS) is 20.1. The van der Waals surface area contributed by atoms with Gasteiger partial charge in [-0.05, 0) is 32.3 Å². The number of para-hydroxylation sites is 1. The number of nitrogens with zero attached hydrogens (tertiary/aromatic N) is 3. The van der Waals surface area contributed by atoms with E-state index in [1.165, 1.54) is 0 Å². The van der Waals surface area contributed by atoms with Crippen molar-refractivity contribution in [3.63, 3.8) is 0 Å². The molecule has 0 bridgehead atoms. The van der Waals surface area contributed by atoms with Crippen molar-refractivity contribution < 1.29 is 19.1 Å². The number of morpholine rings is 1. The van der Waals surface area contributed by atoms with Crippen LogP contribution in [0.1, 0.15) is 36.5 Å². The summed E-state index contributed by atoms with van der Waals surface area (Å²) in [5.41, 5.74) is 1.16. The molecule has 0 unspecified atom stereocenters. The first-order valence-electron chi connectivity index (χ1n) is 10.3. The predicted octanol–water partition coefficient (Wildman–Crippen LogP) is 2.08. The zero-order valence-electron chi connectivity index (χ0n) is 16.8. The number of hydrogen-bond acceptors (Lipinski definition) is 4. The Labute approximate surface area is 170 Å². The van der Waals surface area contributed by atoms with Crippen LogP contribution in [0.15, 0.2) is 30.5 Å². The highest BCUT2D eigenvalue weighted by atomic mass is 16.5. The maximum Gasteiger partial charge on any atom is 0.295 e. The first-order valence-corrected chi connectivity index (χ1v) is 10.3. The van der Waals surface area contributed by atoms with Gasteiger partial charge in [0.05, 0.1) is 18.8 Å². The quantitative estimate of drug-likeness (QED) is 0.585. The number of hydrogen-bond donors (Lipinski definition) is 0. The molecular formula is C22H27N3O4. The van der Waals surface area contributed by atoms with E-state index in [-0.39, 0.29) is 18.5 Å². The summed E-state index contributed by atoms with van der Waals surface area (Å²) in [5.74, 6) is -0.948. The van der Waals surface area contributed by atoms with Crippen LogP contribution in [0.2, 0.25) is 0 Å². The van der Waals surface area contributed by atoms with Gasteiger partial charge in [0.1, 0.15) is 6.54 Å². The molecule has 29 heavy (non-hydrogen) atoms. The maximum absolute atomic E-state index is 13.1. The molecule has 4 rings (SSSR count). The summed E-state index contributed by atoms with van der Waals surface area (Å²) >= 11 is 0. The minimum absolute atomic E-state index is 0.0102. The monoisotopic (exact) mass is 397 g/mol. The standard InChI is InChI=1S/C22H27N3O4/c1-16-6-4-5-9-25(16)22(28)21(27)18-14-24(19-8-3-2-7-17(18)19)15-20(26)23-10-12-29-13-11-23/h2-3,7-8,14,16H,4-6,9-13,15H2,1H3/t16-/m0/s1. The minimum Gasteiger partial charge on any atom is -0.378 e. The molecule has 2 aliphatic heterocycles. The largest absolute Gasteiger partial charge is 0.378 e. The summed E-state index contributed by atoms with van der Waals surface area (Å²) in [4.78, 5) is 42.2. The van der Waals surface area contributed by atoms with Crippen LogP contribution >= 0.6 is 0 Å². The van der Waals surface area contributed by atoms with Gasteiger partial charge in [0.15, 0.2) is 0 Å². The average molecular weight is 397 g/mol. The SMILES string of the molecule is C[C@H]1CCCCN1C(=O)C(=O)c1cn(CC(=O)N2CCOCC2)c2ccccc12. The molecule has 1 aromatic heterocycles. The summed E-state index contributed by atoms with van der Waals surface area (Å²) in [7, 11) is 0. The second-order valence-electron chi connectivity index (χ2n) is 7.85. The number of carbonyl (C=O) groups excluding carboxylic acids is 3. The first kappa shape index (κ1) is 19.6. The Kier molecular flexibility index (Phi) is 5.67. The average Bonchev–Trinajstić information content (AvgIpc) is 3.12. The maximum atomic E-state index is 13.1. The van der Waals surface area contributed by atoms with Crippen LogP contribution in [0.3, 0.4) is 0 Å². The van der Waals surface area contributed by atoms with E-state index in [1.807, 2.05) is 31.2 Å². The lowest BCUT2D eigenvalue weighted by atomic mass is 10.0. The number of piperidine rings is 1. The van der Waals surface area contributed by atoms with Crippen molar-refractivity contribution in [3.8, 4) is 0 Å². The minimum atomic E-state index is -0.493. The second-order valence-corrected chi connectivity index (χ2v) is 7.85. The highest BCUT2D eigenvalue weighted by molar-refractivity contribution is 6.45. The fourth-order valence-electron chi connectivity index (χ4n) is 4.26. The lowest BCUT2D eigenvalue weighted by Gasteiger charge is -2.32. The van der Waals surface area contributed by atoms with Crippen LogP contribution in [0.25, 0.3) is 10.9 Å². The summed E-state index contributed by atoms with van der Waals surface area (Å²) in [6.07, 6.45) is 4.61. The van der Waals surface area contributed by atoms with E-state index in [4.69, 9.17) is 4.74 Å². The lowest BCUT2D eigenvalue weighted by molar-refractivity contribution is -0.135. The van der Waals surface area contributed by atoms with Crippen molar-refractivity contribution in [2.45, 2.75) is 38.8 Å². The Morgan fingerprint density at radius 1 is 1.07 bits per heavy atom. The number of ketones is 1. The van der Waals surface area contributed by atoms with E-state index in [0.29, 0.717) is 43.8 Å². The molecule has 1 aromatic carbocycles. The van der Waals surface area contributed by atoms with Gasteiger partial charge < -0.3 is 19.1 Å². The van der Waals surface area contributed by atoms with Gasteiger partial charge in [0, 0.05) is 42.8 Å². The van der Waals surface area contributed by atoms with Crippen molar-refractivity contribution >= 4 is 28.5 Å². The van der Waals surface area contributed by atoms with E-state index in [0.717, 1.165) is 24.8 Å². The van der Waals surface area contributed by atoms with Crippen LogP contribution < -0.4 is 0 Å². The molecule has 0 aliphatic carbocycles. The Balaban J connectivity index is 1.60.